The average molecular weight is 315 g/mol. The highest BCUT2D eigenvalue weighted by Gasteiger charge is 2.15. The van der Waals surface area contributed by atoms with Gasteiger partial charge in [0, 0.05) is 18.7 Å². The highest BCUT2D eigenvalue weighted by Crippen LogP contribution is 2.33. The molecule has 1 unspecified atom stereocenters. The van der Waals surface area contributed by atoms with Crippen molar-refractivity contribution in [2.45, 2.75) is 12.6 Å². The third kappa shape index (κ3) is 3.75. The van der Waals surface area contributed by atoms with Crippen LogP contribution >= 0.6 is 0 Å². The molecule has 0 radical (unpaired) electrons. The van der Waals surface area contributed by atoms with Gasteiger partial charge in [-0.3, -0.25) is 0 Å². The lowest BCUT2D eigenvalue weighted by Crippen LogP contribution is -2.23. The summed E-state index contributed by atoms with van der Waals surface area (Å²) in [7, 11) is 1.62. The fourth-order valence-electron chi connectivity index (χ4n) is 2.56. The van der Waals surface area contributed by atoms with Crippen molar-refractivity contribution in [3.8, 4) is 17.2 Å². The maximum atomic E-state index is 10.2. The summed E-state index contributed by atoms with van der Waals surface area (Å²) in [5.41, 5.74) is 1.89. The monoisotopic (exact) mass is 315 g/mol. The molecule has 0 saturated heterocycles. The third-order valence-corrected chi connectivity index (χ3v) is 3.80. The number of nitrogens with one attached hydrogen (secondary N) is 1. The Morgan fingerprint density at radius 3 is 2.70 bits per heavy atom. The molecule has 0 bridgehead atoms. The molecule has 1 aliphatic rings. The largest absolute Gasteiger partial charge is 0.497 e. The minimum absolute atomic E-state index is 0.455. The van der Waals surface area contributed by atoms with E-state index < -0.39 is 6.10 Å². The average Bonchev–Trinajstić information content (AvgIpc) is 2.62. The van der Waals surface area contributed by atoms with Gasteiger partial charge in [0.05, 0.1) is 13.2 Å². The standard InChI is InChI=1S/C18H21NO4/c1-21-15-7-5-13(6-8-15)16(20)12-19-11-14-3-2-4-17-18(14)23-10-9-22-17/h2-8,16,19-20H,9-12H2,1H3. The lowest BCUT2D eigenvalue weighted by atomic mass is 10.1. The van der Waals surface area contributed by atoms with Crippen LogP contribution in [0.15, 0.2) is 42.5 Å². The van der Waals surface area contributed by atoms with Crippen molar-refractivity contribution in [1.82, 2.24) is 5.32 Å². The summed E-state index contributed by atoms with van der Waals surface area (Å²) in [4.78, 5) is 0. The summed E-state index contributed by atoms with van der Waals surface area (Å²) in [6, 6.07) is 13.3. The van der Waals surface area contributed by atoms with Gasteiger partial charge in [-0.15, -0.1) is 0 Å². The molecule has 122 valence electrons. The number of para-hydroxylation sites is 1. The molecule has 3 rings (SSSR count). The number of ether oxygens (including phenoxy) is 3. The Morgan fingerprint density at radius 1 is 1.13 bits per heavy atom. The summed E-state index contributed by atoms with van der Waals surface area (Å²) in [5, 5.41) is 13.5. The topological polar surface area (TPSA) is 60.0 Å². The van der Waals surface area contributed by atoms with E-state index in [2.05, 4.69) is 5.32 Å². The van der Waals surface area contributed by atoms with Gasteiger partial charge in [0.2, 0.25) is 0 Å². The van der Waals surface area contributed by atoms with E-state index in [0.717, 1.165) is 28.4 Å². The number of hydrogen-bond acceptors (Lipinski definition) is 5. The van der Waals surface area contributed by atoms with E-state index in [4.69, 9.17) is 14.2 Å². The van der Waals surface area contributed by atoms with E-state index in [-0.39, 0.29) is 0 Å². The normalized spacial score (nSPS) is 14.3. The number of benzene rings is 2. The molecule has 2 aromatic carbocycles. The Hall–Kier alpha value is -2.24. The van der Waals surface area contributed by atoms with Gasteiger partial charge in [-0.1, -0.05) is 24.3 Å². The van der Waals surface area contributed by atoms with Crippen molar-refractivity contribution >= 4 is 0 Å². The zero-order valence-electron chi connectivity index (χ0n) is 13.1. The first kappa shape index (κ1) is 15.6. The third-order valence-electron chi connectivity index (χ3n) is 3.80. The molecule has 0 spiro atoms. The van der Waals surface area contributed by atoms with Crippen LogP contribution in [0, 0.1) is 0 Å². The van der Waals surface area contributed by atoms with Crippen LogP contribution in [0.1, 0.15) is 17.2 Å². The van der Waals surface area contributed by atoms with Crippen LogP contribution in [0.25, 0.3) is 0 Å². The summed E-state index contributed by atoms with van der Waals surface area (Å²) in [6.07, 6.45) is -0.572. The van der Waals surface area contributed by atoms with Gasteiger partial charge in [0.1, 0.15) is 19.0 Å². The van der Waals surface area contributed by atoms with Crippen molar-refractivity contribution in [3.63, 3.8) is 0 Å². The highest BCUT2D eigenvalue weighted by atomic mass is 16.6. The van der Waals surface area contributed by atoms with Gasteiger partial charge < -0.3 is 24.6 Å². The number of fused-ring (bicyclic) bond motifs is 1. The summed E-state index contributed by atoms with van der Waals surface area (Å²) in [5.74, 6) is 2.36. The molecule has 5 nitrogen and oxygen atoms in total. The molecule has 1 heterocycles. The second kappa shape index (κ2) is 7.35. The number of rotatable bonds is 6. The molecule has 0 fully saturated rings. The van der Waals surface area contributed by atoms with E-state index >= 15 is 0 Å². The van der Waals surface area contributed by atoms with Crippen LogP contribution in [0.3, 0.4) is 0 Å². The van der Waals surface area contributed by atoms with Crippen LogP contribution in [-0.4, -0.2) is 32.0 Å². The van der Waals surface area contributed by atoms with E-state index in [1.165, 1.54) is 0 Å². The van der Waals surface area contributed by atoms with Crippen LogP contribution in [0.2, 0.25) is 0 Å². The summed E-state index contributed by atoms with van der Waals surface area (Å²) in [6.45, 7) is 2.22. The Labute approximate surface area is 135 Å². The quantitative estimate of drug-likeness (QED) is 0.856. The molecule has 1 atom stereocenters. The van der Waals surface area contributed by atoms with Crippen molar-refractivity contribution in [2.24, 2.45) is 0 Å². The van der Waals surface area contributed by atoms with Crippen LogP contribution < -0.4 is 19.5 Å². The van der Waals surface area contributed by atoms with Gasteiger partial charge in [0.25, 0.3) is 0 Å². The fraction of sp³-hybridized carbons (Fsp3) is 0.333. The number of aliphatic hydroxyl groups excluding tert-OH is 1. The van der Waals surface area contributed by atoms with Gasteiger partial charge in [-0.2, -0.15) is 0 Å². The van der Waals surface area contributed by atoms with Gasteiger partial charge in [0.15, 0.2) is 11.5 Å². The van der Waals surface area contributed by atoms with Crippen LogP contribution in [0.5, 0.6) is 17.2 Å². The van der Waals surface area contributed by atoms with E-state index in [1.807, 2.05) is 42.5 Å². The van der Waals surface area contributed by atoms with Gasteiger partial charge >= 0.3 is 0 Å². The zero-order chi connectivity index (χ0) is 16.1. The SMILES string of the molecule is COc1ccc(C(O)CNCc2cccc3c2OCCO3)cc1. The Kier molecular flexibility index (Phi) is 5.00. The Balaban J connectivity index is 1.56. The van der Waals surface area contributed by atoms with Crippen molar-refractivity contribution < 1.29 is 19.3 Å². The van der Waals surface area contributed by atoms with E-state index in [1.54, 1.807) is 7.11 Å². The maximum Gasteiger partial charge on any atom is 0.165 e. The first-order chi connectivity index (χ1) is 11.3. The van der Waals surface area contributed by atoms with Gasteiger partial charge in [-0.05, 0) is 23.8 Å². The maximum absolute atomic E-state index is 10.2. The highest BCUT2D eigenvalue weighted by molar-refractivity contribution is 5.47. The summed E-state index contributed by atoms with van der Waals surface area (Å²) < 4.78 is 16.4. The molecule has 5 heteroatoms. The molecule has 0 aromatic heterocycles. The Bertz CT molecular complexity index is 642. The predicted molar refractivity (Wildman–Crippen MR) is 87.1 cm³/mol. The lowest BCUT2D eigenvalue weighted by Gasteiger charge is -2.21. The van der Waals surface area contributed by atoms with Gasteiger partial charge in [-0.25, -0.2) is 0 Å². The molecule has 2 N–H and O–H groups in total. The van der Waals surface area contributed by atoms with Crippen LogP contribution in [0.4, 0.5) is 0 Å². The lowest BCUT2D eigenvalue weighted by molar-refractivity contribution is 0.166. The molecule has 0 amide bonds. The van der Waals surface area contributed by atoms with Crippen molar-refractivity contribution in [3.05, 3.63) is 53.6 Å². The first-order valence-corrected chi connectivity index (χ1v) is 7.68. The van der Waals surface area contributed by atoms with E-state index in [9.17, 15) is 5.11 Å². The molecule has 0 aliphatic carbocycles. The van der Waals surface area contributed by atoms with Crippen LogP contribution in [-0.2, 0) is 6.54 Å². The molecule has 1 aliphatic heterocycles. The number of methoxy groups -OCH3 is 1. The molecular weight excluding hydrogens is 294 g/mol. The molecule has 0 saturated carbocycles. The first-order valence-electron chi connectivity index (χ1n) is 7.68. The molecule has 23 heavy (non-hydrogen) atoms. The zero-order valence-corrected chi connectivity index (χ0v) is 13.1. The second-order valence-electron chi connectivity index (χ2n) is 5.36. The summed E-state index contributed by atoms with van der Waals surface area (Å²) >= 11 is 0. The fourth-order valence-corrected chi connectivity index (χ4v) is 2.56. The smallest absolute Gasteiger partial charge is 0.165 e. The van der Waals surface area contributed by atoms with Crippen molar-refractivity contribution in [2.75, 3.05) is 26.9 Å². The Morgan fingerprint density at radius 2 is 1.91 bits per heavy atom. The van der Waals surface area contributed by atoms with Crippen molar-refractivity contribution in [1.29, 1.82) is 0 Å². The molecular formula is C18H21NO4. The number of aliphatic hydroxyl groups is 1. The van der Waals surface area contributed by atoms with E-state index in [0.29, 0.717) is 26.3 Å². The minimum Gasteiger partial charge on any atom is -0.497 e. The minimum atomic E-state index is -0.572. The number of hydrogen-bond donors (Lipinski definition) is 2. The molecule has 2 aromatic rings. The second-order valence-corrected chi connectivity index (χ2v) is 5.36. The predicted octanol–water partition coefficient (Wildman–Crippen LogP) is 2.29.